The Labute approximate surface area is 143 Å². The van der Waals surface area contributed by atoms with Crippen molar-refractivity contribution >= 4 is 40.4 Å². The Balaban J connectivity index is 0.00000169. The van der Waals surface area contributed by atoms with Crippen LogP contribution in [0.15, 0.2) is 39.8 Å². The van der Waals surface area contributed by atoms with Gasteiger partial charge in [-0.05, 0) is 18.6 Å². The van der Waals surface area contributed by atoms with E-state index in [-0.39, 0.29) is 42.0 Å². The zero-order chi connectivity index (χ0) is 16.0. The molecule has 24 heavy (non-hydrogen) atoms. The summed E-state index contributed by atoms with van der Waals surface area (Å²) >= 11 is 0. The molecule has 3 aromatic rings. The fourth-order valence-electron chi connectivity index (χ4n) is 2.99. The molecule has 3 heterocycles. The number of amides is 1. The van der Waals surface area contributed by atoms with Crippen LogP contribution in [0.1, 0.15) is 6.42 Å². The molecule has 126 valence electrons. The van der Waals surface area contributed by atoms with E-state index in [0.717, 1.165) is 11.8 Å². The van der Waals surface area contributed by atoms with Gasteiger partial charge >= 0.3 is 0 Å². The first-order chi connectivity index (χ1) is 11.1. The molecule has 0 spiro atoms. The Bertz CT molecular complexity index is 965. The van der Waals surface area contributed by atoms with E-state index in [1.807, 2.05) is 18.2 Å². The lowest BCUT2D eigenvalue weighted by molar-refractivity contribution is -0.130. The van der Waals surface area contributed by atoms with E-state index in [0.29, 0.717) is 24.2 Å². The van der Waals surface area contributed by atoms with Gasteiger partial charge in [-0.15, -0.1) is 12.4 Å². The van der Waals surface area contributed by atoms with Gasteiger partial charge in [0.25, 0.3) is 5.56 Å². The van der Waals surface area contributed by atoms with Crippen LogP contribution in [0.2, 0.25) is 0 Å². The SMILES string of the molecule is Cl.N[C@@H]1CCN(C(=O)Cn2cnc3c(oc4ccccc43)c2=O)C1. The van der Waals surface area contributed by atoms with Crippen LogP contribution >= 0.6 is 12.4 Å². The molecule has 0 radical (unpaired) electrons. The summed E-state index contributed by atoms with van der Waals surface area (Å²) in [4.78, 5) is 30.8. The van der Waals surface area contributed by atoms with Gasteiger partial charge in [0.05, 0.1) is 6.33 Å². The number of para-hydroxylation sites is 1. The van der Waals surface area contributed by atoms with Gasteiger partial charge in [0.15, 0.2) is 0 Å². The van der Waals surface area contributed by atoms with Crippen LogP contribution < -0.4 is 11.3 Å². The maximum Gasteiger partial charge on any atom is 0.297 e. The van der Waals surface area contributed by atoms with E-state index in [4.69, 9.17) is 10.2 Å². The number of nitrogens with zero attached hydrogens (tertiary/aromatic N) is 3. The first-order valence-corrected chi connectivity index (χ1v) is 7.53. The van der Waals surface area contributed by atoms with Crippen molar-refractivity contribution in [1.82, 2.24) is 14.5 Å². The maximum absolute atomic E-state index is 12.5. The minimum absolute atomic E-state index is 0. The quantitative estimate of drug-likeness (QED) is 0.749. The van der Waals surface area contributed by atoms with E-state index in [1.165, 1.54) is 10.9 Å². The molecule has 2 aromatic heterocycles. The Morgan fingerprint density at radius 2 is 2.17 bits per heavy atom. The summed E-state index contributed by atoms with van der Waals surface area (Å²) in [6, 6.07) is 7.37. The molecule has 8 heteroatoms. The summed E-state index contributed by atoms with van der Waals surface area (Å²) in [5.74, 6) is -0.127. The Kier molecular flexibility index (Phi) is 4.29. The number of rotatable bonds is 2. The lowest BCUT2D eigenvalue weighted by Gasteiger charge is -2.16. The number of carbonyl (C=O) groups excluding carboxylic acids is 1. The molecule has 1 saturated heterocycles. The average Bonchev–Trinajstić information content (AvgIpc) is 3.14. The summed E-state index contributed by atoms with van der Waals surface area (Å²) in [6.45, 7) is 1.12. The highest BCUT2D eigenvalue weighted by atomic mass is 35.5. The fraction of sp³-hybridized carbons (Fsp3) is 0.312. The number of benzene rings is 1. The van der Waals surface area contributed by atoms with Gasteiger partial charge < -0.3 is 15.1 Å². The van der Waals surface area contributed by atoms with Gasteiger partial charge in [-0.1, -0.05) is 12.1 Å². The third-order valence-electron chi connectivity index (χ3n) is 4.23. The van der Waals surface area contributed by atoms with Gasteiger partial charge in [-0.25, -0.2) is 4.98 Å². The second-order valence-electron chi connectivity index (χ2n) is 5.84. The molecule has 7 nitrogen and oxygen atoms in total. The molecule has 1 fully saturated rings. The molecule has 0 bridgehead atoms. The molecule has 1 aliphatic heterocycles. The van der Waals surface area contributed by atoms with Crippen LogP contribution in [0.5, 0.6) is 0 Å². The number of furan rings is 1. The van der Waals surface area contributed by atoms with E-state index in [9.17, 15) is 9.59 Å². The van der Waals surface area contributed by atoms with Crippen molar-refractivity contribution in [2.45, 2.75) is 19.0 Å². The second kappa shape index (κ2) is 6.26. The van der Waals surface area contributed by atoms with Gasteiger partial charge in [0.1, 0.15) is 17.6 Å². The van der Waals surface area contributed by atoms with Crippen LogP contribution in [0, 0.1) is 0 Å². The maximum atomic E-state index is 12.5. The third-order valence-corrected chi connectivity index (χ3v) is 4.23. The predicted molar refractivity (Wildman–Crippen MR) is 92.2 cm³/mol. The smallest absolute Gasteiger partial charge is 0.297 e. The summed E-state index contributed by atoms with van der Waals surface area (Å²) in [5, 5.41) is 0.795. The number of aromatic nitrogens is 2. The number of halogens is 1. The minimum atomic E-state index is -0.344. The molecule has 1 atom stereocenters. The van der Waals surface area contributed by atoms with Crippen molar-refractivity contribution in [1.29, 1.82) is 0 Å². The highest BCUT2D eigenvalue weighted by molar-refractivity contribution is 6.01. The van der Waals surface area contributed by atoms with Crippen molar-refractivity contribution in [3.8, 4) is 0 Å². The topological polar surface area (TPSA) is 94.4 Å². The number of fused-ring (bicyclic) bond motifs is 3. The van der Waals surface area contributed by atoms with Crippen LogP contribution in [-0.4, -0.2) is 39.5 Å². The molecule has 1 aromatic carbocycles. The van der Waals surface area contributed by atoms with Gasteiger partial charge in [-0.2, -0.15) is 0 Å². The molecular weight excluding hydrogens is 332 g/mol. The van der Waals surface area contributed by atoms with Crippen LogP contribution in [0.4, 0.5) is 0 Å². The number of nitrogens with two attached hydrogens (primary N) is 1. The van der Waals surface area contributed by atoms with Crippen molar-refractivity contribution < 1.29 is 9.21 Å². The van der Waals surface area contributed by atoms with Crippen LogP contribution in [0.3, 0.4) is 0 Å². The standard InChI is InChI=1S/C16H16N4O3.ClH/c17-10-5-6-19(7-10)13(21)8-20-9-18-14-11-3-1-2-4-12(11)23-15(14)16(20)22;/h1-4,9-10H,5-8,17H2;1H/t10-;/m1./s1. The second-order valence-corrected chi connectivity index (χ2v) is 5.84. The van der Waals surface area contributed by atoms with E-state index < -0.39 is 0 Å². The summed E-state index contributed by atoms with van der Waals surface area (Å²) in [5.41, 5.74) is 6.79. The summed E-state index contributed by atoms with van der Waals surface area (Å²) in [7, 11) is 0. The number of likely N-dealkylation sites (tertiary alicyclic amines) is 1. The molecule has 2 N–H and O–H groups in total. The Morgan fingerprint density at radius 1 is 1.38 bits per heavy atom. The van der Waals surface area contributed by atoms with Crippen LogP contribution in [0.25, 0.3) is 22.1 Å². The molecular formula is C16H17ClN4O3. The Hall–Kier alpha value is -2.38. The molecule has 0 saturated carbocycles. The van der Waals surface area contributed by atoms with Gasteiger partial charge in [-0.3, -0.25) is 14.2 Å². The largest absolute Gasteiger partial charge is 0.448 e. The fourth-order valence-corrected chi connectivity index (χ4v) is 2.99. The van der Waals surface area contributed by atoms with Gasteiger partial charge in [0, 0.05) is 24.5 Å². The van der Waals surface area contributed by atoms with Crippen molar-refractivity contribution in [2.24, 2.45) is 5.73 Å². The number of hydrogen-bond acceptors (Lipinski definition) is 5. The van der Waals surface area contributed by atoms with E-state index >= 15 is 0 Å². The molecule has 0 aliphatic carbocycles. The first-order valence-electron chi connectivity index (χ1n) is 7.53. The lowest BCUT2D eigenvalue weighted by Crippen LogP contribution is -2.36. The Morgan fingerprint density at radius 3 is 2.92 bits per heavy atom. The average molecular weight is 349 g/mol. The van der Waals surface area contributed by atoms with Crippen molar-refractivity contribution in [2.75, 3.05) is 13.1 Å². The number of hydrogen-bond donors (Lipinski definition) is 1. The van der Waals surface area contributed by atoms with Gasteiger partial charge in [0.2, 0.25) is 11.5 Å². The van der Waals surface area contributed by atoms with Crippen molar-refractivity contribution in [3.63, 3.8) is 0 Å². The molecule has 1 amide bonds. The normalized spacial score (nSPS) is 17.4. The highest BCUT2D eigenvalue weighted by Crippen LogP contribution is 2.24. The monoisotopic (exact) mass is 348 g/mol. The summed E-state index contributed by atoms with van der Waals surface area (Å²) in [6.07, 6.45) is 2.20. The number of carbonyl (C=O) groups is 1. The highest BCUT2D eigenvalue weighted by Gasteiger charge is 2.24. The zero-order valence-electron chi connectivity index (χ0n) is 12.8. The predicted octanol–water partition coefficient (Wildman–Crippen LogP) is 1.12. The van der Waals surface area contributed by atoms with Crippen LogP contribution in [-0.2, 0) is 11.3 Å². The zero-order valence-corrected chi connectivity index (χ0v) is 13.7. The summed E-state index contributed by atoms with van der Waals surface area (Å²) < 4.78 is 6.90. The van der Waals surface area contributed by atoms with E-state index in [1.54, 1.807) is 11.0 Å². The molecule has 4 rings (SSSR count). The first kappa shape index (κ1) is 16.5. The minimum Gasteiger partial charge on any atom is -0.448 e. The lowest BCUT2D eigenvalue weighted by atomic mass is 10.2. The molecule has 1 aliphatic rings. The molecule has 0 unspecified atom stereocenters. The van der Waals surface area contributed by atoms with E-state index in [2.05, 4.69) is 4.98 Å². The van der Waals surface area contributed by atoms with Crippen molar-refractivity contribution in [3.05, 3.63) is 40.9 Å². The third kappa shape index (κ3) is 2.65.